The average Bonchev–Trinajstić information content (AvgIpc) is 3.20. The molecule has 1 fully saturated rings. The molecule has 130 valence electrons. The highest BCUT2D eigenvalue weighted by atomic mass is 19.1. The highest BCUT2D eigenvalue weighted by Gasteiger charge is 2.25. The molecule has 0 saturated carbocycles. The molecule has 1 saturated heterocycles. The standard InChI is InChI=1S/C19H21FN4O/c1-12(2)25-15-4-3-13-9-21-19(16(13)7-15)17-8-18(23-11-22-17)24-6-5-14(20)10-24/h3-4,7-8,11-12,14H,5-6,9-10H2,1-2H3/t14-/m0/s1. The molecular weight excluding hydrogens is 319 g/mol. The summed E-state index contributed by atoms with van der Waals surface area (Å²) in [6.45, 7) is 5.74. The number of aliphatic imine (C=N–C) groups is 1. The van der Waals surface area contributed by atoms with Gasteiger partial charge in [0.15, 0.2) is 0 Å². The second-order valence-corrected chi connectivity index (χ2v) is 6.74. The van der Waals surface area contributed by atoms with Crippen molar-refractivity contribution in [1.29, 1.82) is 0 Å². The lowest BCUT2D eigenvalue weighted by molar-refractivity contribution is 0.242. The predicted octanol–water partition coefficient (Wildman–Crippen LogP) is 3.16. The second-order valence-electron chi connectivity index (χ2n) is 6.74. The maximum Gasteiger partial charge on any atom is 0.132 e. The van der Waals surface area contributed by atoms with Crippen LogP contribution in [0.1, 0.15) is 37.1 Å². The zero-order valence-corrected chi connectivity index (χ0v) is 14.4. The van der Waals surface area contributed by atoms with E-state index in [0.717, 1.165) is 34.1 Å². The number of nitrogens with zero attached hydrogens (tertiary/aromatic N) is 4. The SMILES string of the molecule is CC(C)Oc1ccc2c(c1)C(c1cc(N3CC[C@H](F)C3)ncn1)=NC2. The Balaban J connectivity index is 1.64. The average molecular weight is 340 g/mol. The highest BCUT2D eigenvalue weighted by Crippen LogP contribution is 2.28. The maximum absolute atomic E-state index is 13.5. The van der Waals surface area contributed by atoms with Crippen LogP contribution in [-0.4, -0.2) is 41.0 Å². The van der Waals surface area contributed by atoms with Crippen molar-refractivity contribution in [2.45, 2.75) is 39.1 Å². The van der Waals surface area contributed by atoms with Crippen LogP contribution in [0.2, 0.25) is 0 Å². The minimum absolute atomic E-state index is 0.120. The molecular formula is C19H21FN4O. The van der Waals surface area contributed by atoms with Crippen LogP contribution in [0, 0.1) is 0 Å². The fraction of sp³-hybridized carbons (Fsp3) is 0.421. The van der Waals surface area contributed by atoms with Crippen molar-refractivity contribution in [3.63, 3.8) is 0 Å². The Morgan fingerprint density at radius 3 is 2.88 bits per heavy atom. The van der Waals surface area contributed by atoms with Crippen LogP contribution in [0.3, 0.4) is 0 Å². The first-order chi connectivity index (χ1) is 12.1. The molecule has 3 heterocycles. The summed E-state index contributed by atoms with van der Waals surface area (Å²) in [7, 11) is 0. The molecule has 0 radical (unpaired) electrons. The Kier molecular flexibility index (Phi) is 4.11. The molecule has 6 heteroatoms. The first-order valence-electron chi connectivity index (χ1n) is 8.66. The Labute approximate surface area is 146 Å². The van der Waals surface area contributed by atoms with Gasteiger partial charge in [0.1, 0.15) is 24.1 Å². The zero-order valence-electron chi connectivity index (χ0n) is 14.4. The van der Waals surface area contributed by atoms with Gasteiger partial charge < -0.3 is 9.64 Å². The number of alkyl halides is 1. The van der Waals surface area contributed by atoms with Crippen LogP contribution < -0.4 is 9.64 Å². The van der Waals surface area contributed by atoms with E-state index in [0.29, 0.717) is 26.1 Å². The first-order valence-corrected chi connectivity index (χ1v) is 8.66. The van der Waals surface area contributed by atoms with Crippen molar-refractivity contribution in [2.24, 2.45) is 4.99 Å². The second kappa shape index (κ2) is 6.43. The Morgan fingerprint density at radius 1 is 1.24 bits per heavy atom. The summed E-state index contributed by atoms with van der Waals surface area (Å²) in [5, 5.41) is 0. The number of halogens is 1. The van der Waals surface area contributed by atoms with Gasteiger partial charge in [0, 0.05) is 18.2 Å². The maximum atomic E-state index is 13.5. The number of benzene rings is 1. The van der Waals surface area contributed by atoms with E-state index in [-0.39, 0.29) is 6.10 Å². The summed E-state index contributed by atoms with van der Waals surface area (Å²) in [4.78, 5) is 15.3. The van der Waals surface area contributed by atoms with Gasteiger partial charge in [-0.1, -0.05) is 6.07 Å². The van der Waals surface area contributed by atoms with Gasteiger partial charge in [0.25, 0.3) is 0 Å². The molecule has 1 atom stereocenters. The smallest absolute Gasteiger partial charge is 0.132 e. The Hall–Kier alpha value is -2.50. The van der Waals surface area contributed by atoms with Crippen LogP contribution in [0.15, 0.2) is 35.6 Å². The molecule has 1 aromatic carbocycles. The van der Waals surface area contributed by atoms with Crippen molar-refractivity contribution in [3.8, 4) is 5.75 Å². The topological polar surface area (TPSA) is 50.6 Å². The fourth-order valence-corrected chi connectivity index (χ4v) is 3.30. The predicted molar refractivity (Wildman–Crippen MR) is 95.3 cm³/mol. The molecule has 1 aromatic heterocycles. The quantitative estimate of drug-likeness (QED) is 0.858. The zero-order chi connectivity index (χ0) is 17.4. The summed E-state index contributed by atoms with van der Waals surface area (Å²) in [6, 6.07) is 7.96. The third kappa shape index (κ3) is 3.21. The van der Waals surface area contributed by atoms with E-state index in [1.165, 1.54) is 6.33 Å². The first kappa shape index (κ1) is 16.0. The van der Waals surface area contributed by atoms with E-state index >= 15 is 0 Å². The van der Waals surface area contributed by atoms with Crippen LogP contribution in [0.25, 0.3) is 0 Å². The van der Waals surface area contributed by atoms with Crippen molar-refractivity contribution >= 4 is 11.5 Å². The lowest BCUT2D eigenvalue weighted by Gasteiger charge is -2.16. The van der Waals surface area contributed by atoms with Gasteiger partial charge in [-0.2, -0.15) is 0 Å². The van der Waals surface area contributed by atoms with Crippen molar-refractivity contribution in [3.05, 3.63) is 47.4 Å². The third-order valence-electron chi connectivity index (χ3n) is 4.47. The number of fused-ring (bicyclic) bond motifs is 1. The molecule has 2 aliphatic heterocycles. The molecule has 25 heavy (non-hydrogen) atoms. The molecule has 0 amide bonds. The molecule has 0 bridgehead atoms. The number of hydrogen-bond donors (Lipinski definition) is 0. The summed E-state index contributed by atoms with van der Waals surface area (Å²) in [6.07, 6.45) is 1.43. The summed E-state index contributed by atoms with van der Waals surface area (Å²) >= 11 is 0. The van der Waals surface area contributed by atoms with Crippen molar-refractivity contribution in [1.82, 2.24) is 9.97 Å². The van der Waals surface area contributed by atoms with Crippen LogP contribution >= 0.6 is 0 Å². The van der Waals surface area contributed by atoms with Gasteiger partial charge in [-0.3, -0.25) is 4.99 Å². The van der Waals surface area contributed by atoms with Gasteiger partial charge in [-0.25, -0.2) is 14.4 Å². The summed E-state index contributed by atoms with van der Waals surface area (Å²) in [5.74, 6) is 1.59. The highest BCUT2D eigenvalue weighted by molar-refractivity contribution is 6.14. The van der Waals surface area contributed by atoms with Gasteiger partial charge in [-0.15, -0.1) is 0 Å². The molecule has 2 aliphatic rings. The normalized spacial score (nSPS) is 19.3. The fourth-order valence-electron chi connectivity index (χ4n) is 3.30. The number of anilines is 1. The van der Waals surface area contributed by atoms with E-state index in [2.05, 4.69) is 21.0 Å². The largest absolute Gasteiger partial charge is 0.491 e. The minimum atomic E-state index is -0.779. The molecule has 5 nitrogen and oxygen atoms in total. The van der Waals surface area contributed by atoms with Gasteiger partial charge in [0.2, 0.25) is 0 Å². The van der Waals surface area contributed by atoms with Gasteiger partial charge >= 0.3 is 0 Å². The van der Waals surface area contributed by atoms with E-state index < -0.39 is 6.17 Å². The van der Waals surface area contributed by atoms with E-state index in [4.69, 9.17) is 4.74 Å². The molecule has 0 spiro atoms. The van der Waals surface area contributed by atoms with E-state index in [9.17, 15) is 4.39 Å². The van der Waals surface area contributed by atoms with Crippen molar-refractivity contribution < 1.29 is 9.13 Å². The third-order valence-corrected chi connectivity index (χ3v) is 4.47. The molecule has 2 aromatic rings. The molecule has 0 N–H and O–H groups in total. The van der Waals surface area contributed by atoms with Crippen molar-refractivity contribution in [2.75, 3.05) is 18.0 Å². The van der Waals surface area contributed by atoms with Gasteiger partial charge in [0.05, 0.1) is 30.6 Å². The monoisotopic (exact) mass is 340 g/mol. The van der Waals surface area contributed by atoms with E-state index in [1.807, 2.05) is 36.9 Å². The van der Waals surface area contributed by atoms with Gasteiger partial charge in [-0.05, 0) is 38.0 Å². The van der Waals surface area contributed by atoms with Crippen LogP contribution in [-0.2, 0) is 6.54 Å². The summed E-state index contributed by atoms with van der Waals surface area (Å²) in [5.41, 5.74) is 3.83. The summed E-state index contributed by atoms with van der Waals surface area (Å²) < 4.78 is 19.3. The van der Waals surface area contributed by atoms with Crippen LogP contribution in [0.4, 0.5) is 10.2 Å². The number of ether oxygens (including phenoxy) is 1. The van der Waals surface area contributed by atoms with Crippen LogP contribution in [0.5, 0.6) is 5.75 Å². The Bertz CT molecular complexity index is 821. The van der Waals surface area contributed by atoms with E-state index in [1.54, 1.807) is 0 Å². The minimum Gasteiger partial charge on any atom is -0.491 e. The molecule has 0 unspecified atom stereocenters. The number of aromatic nitrogens is 2. The number of hydrogen-bond acceptors (Lipinski definition) is 5. The number of rotatable bonds is 4. The lowest BCUT2D eigenvalue weighted by Crippen LogP contribution is -2.21. The molecule has 4 rings (SSSR count). The Morgan fingerprint density at radius 2 is 2.12 bits per heavy atom. The molecule has 0 aliphatic carbocycles. The lowest BCUT2D eigenvalue weighted by atomic mass is 10.0.